The van der Waals surface area contributed by atoms with Crippen LogP contribution in [0.25, 0.3) is 0 Å². The summed E-state index contributed by atoms with van der Waals surface area (Å²) in [5, 5.41) is 5.92. The molecule has 122 valence electrons. The molecule has 1 aromatic carbocycles. The number of anilines is 2. The van der Waals surface area contributed by atoms with Crippen molar-refractivity contribution in [2.75, 3.05) is 5.32 Å². The highest BCUT2D eigenvalue weighted by Gasteiger charge is 2.10. The summed E-state index contributed by atoms with van der Waals surface area (Å²) in [5.41, 5.74) is 3.43. The van der Waals surface area contributed by atoms with Gasteiger partial charge in [0.05, 0.1) is 12.8 Å². The van der Waals surface area contributed by atoms with E-state index >= 15 is 0 Å². The molecule has 2 heterocycles. The molecule has 2 N–H and O–H groups in total. The standard InChI is InChI=1S/C18H18N4O2/c1-12-5-6-13(2)16(10-12)22-18-19-8-7-15(21-18)17(23)20-11-14-4-3-9-24-14/h3-10H,11H2,1-2H3,(H,20,23)(H,19,21,22). The highest BCUT2D eigenvalue weighted by atomic mass is 16.3. The zero-order valence-corrected chi connectivity index (χ0v) is 13.5. The second kappa shape index (κ2) is 6.95. The van der Waals surface area contributed by atoms with Crippen molar-refractivity contribution in [1.82, 2.24) is 15.3 Å². The van der Waals surface area contributed by atoms with Gasteiger partial charge in [0.25, 0.3) is 5.91 Å². The summed E-state index contributed by atoms with van der Waals surface area (Å²) in [6, 6.07) is 11.2. The number of hydrogen-bond acceptors (Lipinski definition) is 5. The minimum Gasteiger partial charge on any atom is -0.467 e. The van der Waals surface area contributed by atoms with Gasteiger partial charge in [0.2, 0.25) is 5.95 Å². The fourth-order valence-corrected chi connectivity index (χ4v) is 2.21. The summed E-state index contributed by atoms with van der Waals surface area (Å²) < 4.78 is 5.19. The molecular formula is C18H18N4O2. The Morgan fingerprint density at radius 2 is 2.08 bits per heavy atom. The number of carbonyl (C=O) groups is 1. The maximum Gasteiger partial charge on any atom is 0.270 e. The first-order valence-corrected chi connectivity index (χ1v) is 7.60. The Hall–Kier alpha value is -3.15. The molecule has 0 unspecified atom stereocenters. The largest absolute Gasteiger partial charge is 0.467 e. The molecule has 0 bridgehead atoms. The third-order valence-corrected chi connectivity index (χ3v) is 3.53. The maximum atomic E-state index is 12.2. The first kappa shape index (κ1) is 15.7. The molecule has 0 fully saturated rings. The first-order valence-electron chi connectivity index (χ1n) is 7.60. The molecule has 0 atom stereocenters. The quantitative estimate of drug-likeness (QED) is 0.753. The van der Waals surface area contributed by atoms with E-state index in [2.05, 4.69) is 20.6 Å². The molecule has 3 rings (SSSR count). The smallest absolute Gasteiger partial charge is 0.270 e. The third kappa shape index (κ3) is 3.78. The lowest BCUT2D eigenvalue weighted by Gasteiger charge is -2.10. The van der Waals surface area contributed by atoms with Crippen molar-refractivity contribution < 1.29 is 9.21 Å². The van der Waals surface area contributed by atoms with Gasteiger partial charge >= 0.3 is 0 Å². The third-order valence-electron chi connectivity index (χ3n) is 3.53. The molecular weight excluding hydrogens is 304 g/mol. The van der Waals surface area contributed by atoms with Crippen LogP contribution >= 0.6 is 0 Å². The van der Waals surface area contributed by atoms with E-state index in [4.69, 9.17) is 4.42 Å². The van der Waals surface area contributed by atoms with E-state index in [1.807, 2.05) is 32.0 Å². The van der Waals surface area contributed by atoms with Crippen LogP contribution in [0.1, 0.15) is 27.4 Å². The SMILES string of the molecule is Cc1ccc(C)c(Nc2nccc(C(=O)NCc3ccco3)n2)c1. The van der Waals surface area contributed by atoms with Crippen molar-refractivity contribution in [3.8, 4) is 0 Å². The summed E-state index contributed by atoms with van der Waals surface area (Å²) in [6.07, 6.45) is 3.13. The van der Waals surface area contributed by atoms with E-state index in [-0.39, 0.29) is 5.91 Å². The number of nitrogens with one attached hydrogen (secondary N) is 2. The Kier molecular flexibility index (Phi) is 4.56. The van der Waals surface area contributed by atoms with Crippen LogP contribution in [0.3, 0.4) is 0 Å². The molecule has 6 heteroatoms. The van der Waals surface area contributed by atoms with E-state index in [1.54, 1.807) is 30.7 Å². The maximum absolute atomic E-state index is 12.2. The number of rotatable bonds is 5. The van der Waals surface area contributed by atoms with Crippen molar-refractivity contribution >= 4 is 17.5 Å². The lowest BCUT2D eigenvalue weighted by atomic mass is 10.1. The fraction of sp³-hybridized carbons (Fsp3) is 0.167. The fourth-order valence-electron chi connectivity index (χ4n) is 2.21. The molecule has 0 aliphatic carbocycles. The van der Waals surface area contributed by atoms with Crippen LogP contribution in [-0.4, -0.2) is 15.9 Å². The predicted octanol–water partition coefficient (Wildman–Crippen LogP) is 3.36. The van der Waals surface area contributed by atoms with Crippen LogP contribution in [0.5, 0.6) is 0 Å². The number of aromatic nitrogens is 2. The monoisotopic (exact) mass is 322 g/mol. The van der Waals surface area contributed by atoms with Gasteiger partial charge in [-0.05, 0) is 49.2 Å². The molecule has 3 aromatic rings. The molecule has 24 heavy (non-hydrogen) atoms. The number of benzene rings is 1. The van der Waals surface area contributed by atoms with Crippen molar-refractivity contribution in [2.45, 2.75) is 20.4 Å². The second-order valence-electron chi connectivity index (χ2n) is 5.47. The summed E-state index contributed by atoms with van der Waals surface area (Å²) in [6.45, 7) is 4.33. The van der Waals surface area contributed by atoms with E-state index in [1.165, 1.54) is 0 Å². The molecule has 0 radical (unpaired) electrons. The molecule has 6 nitrogen and oxygen atoms in total. The normalized spacial score (nSPS) is 10.4. The minimum atomic E-state index is -0.280. The molecule has 0 saturated heterocycles. The van der Waals surface area contributed by atoms with Crippen molar-refractivity contribution in [1.29, 1.82) is 0 Å². The number of carbonyl (C=O) groups excluding carboxylic acids is 1. The Morgan fingerprint density at radius 1 is 1.21 bits per heavy atom. The second-order valence-corrected chi connectivity index (χ2v) is 5.47. The summed E-state index contributed by atoms with van der Waals surface area (Å²) >= 11 is 0. The molecule has 1 amide bonds. The van der Waals surface area contributed by atoms with E-state index in [0.717, 1.165) is 16.8 Å². The molecule has 0 aliphatic heterocycles. The zero-order chi connectivity index (χ0) is 16.9. The predicted molar refractivity (Wildman–Crippen MR) is 91.1 cm³/mol. The van der Waals surface area contributed by atoms with Crippen LogP contribution in [0.2, 0.25) is 0 Å². The van der Waals surface area contributed by atoms with Crippen molar-refractivity contribution in [2.24, 2.45) is 0 Å². The van der Waals surface area contributed by atoms with Crippen LogP contribution in [0.4, 0.5) is 11.6 Å². The number of amides is 1. The Labute approximate surface area is 140 Å². The lowest BCUT2D eigenvalue weighted by molar-refractivity contribution is 0.0943. The molecule has 2 aromatic heterocycles. The Balaban J connectivity index is 1.71. The zero-order valence-electron chi connectivity index (χ0n) is 13.5. The highest BCUT2D eigenvalue weighted by Crippen LogP contribution is 2.19. The number of nitrogens with zero attached hydrogens (tertiary/aromatic N) is 2. The Bertz CT molecular complexity index is 844. The van der Waals surface area contributed by atoms with Gasteiger partial charge in [-0.1, -0.05) is 12.1 Å². The number of hydrogen-bond donors (Lipinski definition) is 2. The molecule has 0 spiro atoms. The van der Waals surface area contributed by atoms with Crippen LogP contribution < -0.4 is 10.6 Å². The van der Waals surface area contributed by atoms with Gasteiger partial charge in [-0.25, -0.2) is 9.97 Å². The van der Waals surface area contributed by atoms with Crippen molar-refractivity contribution in [3.63, 3.8) is 0 Å². The number of aryl methyl sites for hydroxylation is 2. The highest BCUT2D eigenvalue weighted by molar-refractivity contribution is 5.92. The van der Waals surface area contributed by atoms with E-state index in [9.17, 15) is 4.79 Å². The van der Waals surface area contributed by atoms with E-state index in [0.29, 0.717) is 23.9 Å². The average molecular weight is 322 g/mol. The minimum absolute atomic E-state index is 0.280. The van der Waals surface area contributed by atoms with Gasteiger partial charge in [-0.3, -0.25) is 4.79 Å². The van der Waals surface area contributed by atoms with E-state index < -0.39 is 0 Å². The average Bonchev–Trinajstić information content (AvgIpc) is 3.10. The first-order chi connectivity index (χ1) is 11.6. The van der Waals surface area contributed by atoms with Gasteiger partial charge in [-0.2, -0.15) is 0 Å². The number of furan rings is 1. The summed E-state index contributed by atoms with van der Waals surface area (Å²) in [4.78, 5) is 20.6. The molecule has 0 saturated carbocycles. The van der Waals surface area contributed by atoms with Gasteiger partial charge in [-0.15, -0.1) is 0 Å². The van der Waals surface area contributed by atoms with Crippen LogP contribution in [0, 0.1) is 13.8 Å². The summed E-state index contributed by atoms with van der Waals surface area (Å²) in [7, 11) is 0. The topological polar surface area (TPSA) is 80.0 Å². The van der Waals surface area contributed by atoms with Gasteiger partial charge < -0.3 is 15.1 Å². The van der Waals surface area contributed by atoms with Crippen molar-refractivity contribution in [3.05, 3.63) is 71.4 Å². The van der Waals surface area contributed by atoms with Gasteiger partial charge in [0.1, 0.15) is 11.5 Å². The Morgan fingerprint density at radius 3 is 2.88 bits per heavy atom. The lowest BCUT2D eigenvalue weighted by Crippen LogP contribution is -2.24. The van der Waals surface area contributed by atoms with Crippen LogP contribution in [-0.2, 0) is 6.54 Å². The van der Waals surface area contributed by atoms with Gasteiger partial charge in [0, 0.05) is 11.9 Å². The van der Waals surface area contributed by atoms with Crippen LogP contribution in [0.15, 0.2) is 53.3 Å². The summed E-state index contributed by atoms with van der Waals surface area (Å²) in [5.74, 6) is 0.790. The molecule has 0 aliphatic rings. The van der Waals surface area contributed by atoms with Gasteiger partial charge in [0.15, 0.2) is 0 Å².